The molecule has 2 aromatic rings. The van der Waals surface area contributed by atoms with Gasteiger partial charge in [0.25, 0.3) is 5.91 Å². The molecule has 3 amide bonds. The van der Waals surface area contributed by atoms with Crippen molar-refractivity contribution in [1.29, 1.82) is 0 Å². The summed E-state index contributed by atoms with van der Waals surface area (Å²) < 4.78 is 0.832. The van der Waals surface area contributed by atoms with E-state index in [1.54, 1.807) is 42.5 Å². The van der Waals surface area contributed by atoms with Crippen LogP contribution in [0.15, 0.2) is 46.9 Å². The van der Waals surface area contributed by atoms with Crippen molar-refractivity contribution in [3.63, 3.8) is 0 Å². The van der Waals surface area contributed by atoms with Crippen molar-refractivity contribution in [2.75, 3.05) is 4.90 Å². The fourth-order valence-electron chi connectivity index (χ4n) is 5.08. The van der Waals surface area contributed by atoms with Gasteiger partial charge in [0.2, 0.25) is 11.8 Å². The molecule has 9 heteroatoms. The fraction of sp³-hybridized carbons (Fsp3) is 0.318. The molecule has 3 fully saturated rings. The smallest absolute Gasteiger partial charge is 0.259 e. The summed E-state index contributed by atoms with van der Waals surface area (Å²) in [6.45, 7) is 3.84. The van der Waals surface area contributed by atoms with Crippen LogP contribution in [0.2, 0.25) is 10.0 Å². The number of hydrogen-bond acceptors (Lipinski definition) is 4. The van der Waals surface area contributed by atoms with E-state index in [0.29, 0.717) is 21.3 Å². The number of benzene rings is 2. The highest BCUT2D eigenvalue weighted by Gasteiger charge is 2.68. The molecule has 31 heavy (non-hydrogen) atoms. The molecular formula is C22H18BrCl2N3O3. The van der Waals surface area contributed by atoms with Crippen molar-refractivity contribution in [3.05, 3.63) is 62.5 Å². The molecule has 0 spiro atoms. The second kappa shape index (κ2) is 7.04. The van der Waals surface area contributed by atoms with E-state index in [0.717, 1.165) is 4.47 Å². The van der Waals surface area contributed by atoms with Crippen LogP contribution in [0.1, 0.15) is 31.9 Å². The zero-order chi connectivity index (χ0) is 22.2. The third-order valence-electron chi connectivity index (χ3n) is 6.26. The number of fused-ring (bicyclic) bond motifs is 3. The maximum atomic E-state index is 13.7. The van der Waals surface area contributed by atoms with Gasteiger partial charge in [-0.2, -0.15) is 0 Å². The van der Waals surface area contributed by atoms with Crippen molar-refractivity contribution in [2.45, 2.75) is 37.9 Å². The minimum Gasteiger partial charge on any atom is -0.274 e. The van der Waals surface area contributed by atoms with E-state index in [-0.39, 0.29) is 18.2 Å². The van der Waals surface area contributed by atoms with Crippen LogP contribution in [0, 0.1) is 5.92 Å². The largest absolute Gasteiger partial charge is 0.274 e. The van der Waals surface area contributed by atoms with Crippen LogP contribution in [0.5, 0.6) is 0 Å². The van der Waals surface area contributed by atoms with E-state index in [2.05, 4.69) is 15.9 Å². The Bertz CT molecular complexity index is 1120. The van der Waals surface area contributed by atoms with Crippen LogP contribution in [-0.2, 0) is 14.4 Å². The molecule has 3 aliphatic heterocycles. The number of halogens is 3. The zero-order valence-electron chi connectivity index (χ0n) is 16.7. The zero-order valence-corrected chi connectivity index (χ0v) is 19.8. The van der Waals surface area contributed by atoms with Crippen LogP contribution >= 0.6 is 39.1 Å². The lowest BCUT2D eigenvalue weighted by Crippen LogP contribution is -2.50. The van der Waals surface area contributed by atoms with Crippen LogP contribution in [0.25, 0.3) is 0 Å². The van der Waals surface area contributed by atoms with Gasteiger partial charge in [0.15, 0.2) is 0 Å². The highest BCUT2D eigenvalue weighted by Crippen LogP contribution is 2.55. The number of carbonyl (C=O) groups is 3. The second-order valence-electron chi connectivity index (χ2n) is 8.61. The van der Waals surface area contributed by atoms with Crippen LogP contribution in [-0.4, -0.2) is 39.3 Å². The Labute approximate surface area is 197 Å². The Morgan fingerprint density at radius 2 is 1.55 bits per heavy atom. The Kier molecular flexibility index (Phi) is 4.75. The third kappa shape index (κ3) is 2.90. The first kappa shape index (κ1) is 20.9. The van der Waals surface area contributed by atoms with Gasteiger partial charge in [0.1, 0.15) is 6.04 Å². The lowest BCUT2D eigenvalue weighted by Gasteiger charge is -2.38. The maximum absolute atomic E-state index is 13.7. The topological polar surface area (TPSA) is 60.9 Å². The van der Waals surface area contributed by atoms with Crippen molar-refractivity contribution in [1.82, 2.24) is 10.0 Å². The maximum Gasteiger partial charge on any atom is 0.259 e. The molecule has 5 rings (SSSR count). The van der Waals surface area contributed by atoms with Crippen molar-refractivity contribution in [3.8, 4) is 0 Å². The van der Waals surface area contributed by atoms with Gasteiger partial charge < -0.3 is 0 Å². The van der Waals surface area contributed by atoms with E-state index in [9.17, 15) is 14.4 Å². The lowest BCUT2D eigenvalue weighted by atomic mass is 9.87. The van der Waals surface area contributed by atoms with Crippen molar-refractivity contribution < 1.29 is 14.4 Å². The molecule has 0 bridgehead atoms. The molecule has 0 aromatic heterocycles. The predicted molar refractivity (Wildman–Crippen MR) is 120 cm³/mol. The number of anilines is 1. The number of rotatable bonds is 2. The third-order valence-corrected chi connectivity index (χ3v) is 7.45. The van der Waals surface area contributed by atoms with E-state index in [4.69, 9.17) is 23.2 Å². The summed E-state index contributed by atoms with van der Waals surface area (Å²) in [7, 11) is 0. The molecule has 3 aliphatic rings. The highest BCUT2D eigenvalue weighted by atomic mass is 79.9. The number of hydrazine groups is 1. The second-order valence-corrected chi connectivity index (χ2v) is 10.3. The van der Waals surface area contributed by atoms with Gasteiger partial charge in [0, 0.05) is 32.0 Å². The van der Waals surface area contributed by atoms with Gasteiger partial charge in [-0.05, 0) is 50.2 Å². The van der Waals surface area contributed by atoms with E-state index in [1.807, 2.05) is 18.9 Å². The molecule has 2 aromatic carbocycles. The first-order valence-corrected chi connectivity index (χ1v) is 11.4. The average Bonchev–Trinajstić information content (AvgIpc) is 3.25. The molecule has 3 heterocycles. The monoisotopic (exact) mass is 521 g/mol. The molecule has 0 N–H and O–H groups in total. The van der Waals surface area contributed by atoms with Gasteiger partial charge in [-0.1, -0.05) is 45.2 Å². The summed E-state index contributed by atoms with van der Waals surface area (Å²) in [5, 5.41) is 4.10. The molecule has 0 radical (unpaired) electrons. The Balaban J connectivity index is 1.69. The number of nitrogens with zero attached hydrogens (tertiary/aromatic N) is 3. The average molecular weight is 523 g/mol. The van der Waals surface area contributed by atoms with Gasteiger partial charge in [-0.15, -0.1) is 0 Å². The van der Waals surface area contributed by atoms with Crippen LogP contribution in [0.3, 0.4) is 0 Å². The van der Waals surface area contributed by atoms with Gasteiger partial charge in [0.05, 0.1) is 17.6 Å². The predicted octanol–water partition coefficient (Wildman–Crippen LogP) is 4.60. The van der Waals surface area contributed by atoms with Gasteiger partial charge in [-0.3, -0.25) is 19.4 Å². The summed E-state index contributed by atoms with van der Waals surface area (Å²) >= 11 is 16.5. The van der Waals surface area contributed by atoms with Crippen molar-refractivity contribution >= 4 is 62.5 Å². The standard InChI is InChI=1S/C22H18BrCl2N3O3/c1-22(2)10-15(29)27-19-17(18(28(22)27)16-13(24)4-3-5-14(16)25)20(30)26(21(19)31)12-8-6-11(23)7-9-12/h3-9,17-19H,10H2,1-2H3/t17-,18+,19+/m0/s1. The summed E-state index contributed by atoms with van der Waals surface area (Å²) in [5.41, 5.74) is 0.427. The quantitative estimate of drug-likeness (QED) is 0.541. The van der Waals surface area contributed by atoms with Crippen LogP contribution in [0.4, 0.5) is 5.69 Å². The SMILES string of the molecule is CC1(C)CC(=O)N2[C@H]3C(=O)N(c4ccc(Br)cc4)C(=O)[C@H]3[C@@H](c3c(Cl)cccc3Cl)N21. The Morgan fingerprint density at radius 3 is 2.16 bits per heavy atom. The summed E-state index contributed by atoms with van der Waals surface area (Å²) in [6.07, 6.45) is 0.231. The molecule has 0 unspecified atom stereocenters. The fourth-order valence-corrected chi connectivity index (χ4v) is 5.96. The van der Waals surface area contributed by atoms with E-state index in [1.165, 1.54) is 9.91 Å². The molecule has 3 saturated heterocycles. The number of imide groups is 1. The van der Waals surface area contributed by atoms with E-state index >= 15 is 0 Å². The number of hydrogen-bond donors (Lipinski definition) is 0. The minimum atomic E-state index is -0.928. The highest BCUT2D eigenvalue weighted by molar-refractivity contribution is 9.10. The Morgan fingerprint density at radius 1 is 0.935 bits per heavy atom. The molecular weight excluding hydrogens is 505 g/mol. The number of amides is 3. The first-order chi connectivity index (χ1) is 14.6. The number of carbonyl (C=O) groups excluding carboxylic acids is 3. The minimum absolute atomic E-state index is 0.190. The molecule has 3 atom stereocenters. The molecule has 0 aliphatic carbocycles. The summed E-state index contributed by atoms with van der Waals surface area (Å²) in [5.74, 6) is -1.78. The summed E-state index contributed by atoms with van der Waals surface area (Å²) in [6, 6.07) is 10.5. The lowest BCUT2D eigenvalue weighted by molar-refractivity contribution is -0.146. The van der Waals surface area contributed by atoms with Crippen LogP contribution < -0.4 is 4.90 Å². The molecule has 0 saturated carbocycles. The van der Waals surface area contributed by atoms with Crippen molar-refractivity contribution in [2.24, 2.45) is 5.92 Å². The van der Waals surface area contributed by atoms with Gasteiger partial charge in [-0.25, -0.2) is 9.91 Å². The summed E-state index contributed by atoms with van der Waals surface area (Å²) in [4.78, 5) is 41.4. The first-order valence-electron chi connectivity index (χ1n) is 9.82. The van der Waals surface area contributed by atoms with E-state index < -0.39 is 29.4 Å². The molecule has 160 valence electrons. The normalized spacial score (nSPS) is 27.3. The Hall–Kier alpha value is -1.93. The molecule has 6 nitrogen and oxygen atoms in total. The van der Waals surface area contributed by atoms with Gasteiger partial charge >= 0.3 is 0 Å².